The molecule has 2 atom stereocenters. The van der Waals surface area contributed by atoms with E-state index in [0.29, 0.717) is 5.88 Å². The maximum absolute atomic E-state index is 11.9. The Hall–Kier alpha value is -1.54. The summed E-state index contributed by atoms with van der Waals surface area (Å²) in [6, 6.07) is 14.3. The number of hydrogen-bond donors (Lipinski definition) is 1. The fraction of sp³-hybridized carbons (Fsp3) is 0.312. The van der Waals surface area contributed by atoms with Gasteiger partial charge in [-0.25, -0.2) is 0 Å². The van der Waals surface area contributed by atoms with E-state index in [0.717, 1.165) is 5.56 Å². The molecule has 0 radical (unpaired) electrons. The van der Waals surface area contributed by atoms with Crippen LogP contribution in [0.4, 0.5) is 0 Å². The van der Waals surface area contributed by atoms with Gasteiger partial charge in [0.05, 0.1) is 6.04 Å². The largest absolute Gasteiger partial charge is 0.349 e. The van der Waals surface area contributed by atoms with Gasteiger partial charge in [-0.3, -0.25) is 4.79 Å². The van der Waals surface area contributed by atoms with E-state index in [-0.39, 0.29) is 17.9 Å². The number of hydrogen-bond acceptors (Lipinski definition) is 1. The van der Waals surface area contributed by atoms with Crippen LogP contribution in [-0.2, 0) is 4.79 Å². The van der Waals surface area contributed by atoms with Crippen LogP contribution in [-0.4, -0.2) is 11.8 Å². The van der Waals surface area contributed by atoms with Crippen LogP contribution < -0.4 is 5.32 Å². The lowest BCUT2D eigenvalue weighted by Gasteiger charge is -2.18. The molecule has 0 fully saturated rings. The molecule has 0 aromatic heterocycles. The van der Waals surface area contributed by atoms with Gasteiger partial charge < -0.3 is 5.32 Å². The van der Waals surface area contributed by atoms with Crippen molar-refractivity contribution >= 4 is 28.3 Å². The second-order valence-corrected chi connectivity index (χ2v) is 5.16. The van der Waals surface area contributed by atoms with E-state index >= 15 is 0 Å². The Labute approximate surface area is 118 Å². The summed E-state index contributed by atoms with van der Waals surface area (Å²) < 4.78 is 0. The minimum atomic E-state index is -0.168. The maximum atomic E-state index is 11.9. The van der Waals surface area contributed by atoms with Crippen molar-refractivity contribution in [1.82, 2.24) is 5.32 Å². The normalized spacial score (nSPS) is 14.1. The van der Waals surface area contributed by atoms with Crippen LogP contribution in [0.1, 0.15) is 25.5 Å². The second kappa shape index (κ2) is 6.07. The average Bonchev–Trinajstić information content (AvgIpc) is 2.45. The Morgan fingerprint density at radius 1 is 1.16 bits per heavy atom. The van der Waals surface area contributed by atoms with Crippen LogP contribution in [0.25, 0.3) is 10.8 Å². The molecule has 0 aliphatic rings. The molecule has 2 aromatic carbocycles. The SMILES string of the molecule is CC(CCl)C(=O)NC(C)c1cccc2ccccc12. The van der Waals surface area contributed by atoms with Crippen molar-refractivity contribution in [1.29, 1.82) is 0 Å². The number of halogens is 1. The minimum absolute atomic E-state index is 0.00423. The molecule has 3 heteroatoms. The molecule has 2 aromatic rings. The number of alkyl halides is 1. The number of amides is 1. The van der Waals surface area contributed by atoms with Gasteiger partial charge in [0.1, 0.15) is 0 Å². The van der Waals surface area contributed by atoms with E-state index in [9.17, 15) is 4.79 Å². The second-order valence-electron chi connectivity index (χ2n) is 4.85. The summed E-state index contributed by atoms with van der Waals surface area (Å²) in [5.41, 5.74) is 1.13. The van der Waals surface area contributed by atoms with Crippen molar-refractivity contribution in [2.24, 2.45) is 5.92 Å². The Morgan fingerprint density at radius 3 is 2.58 bits per heavy atom. The lowest BCUT2D eigenvalue weighted by Crippen LogP contribution is -2.32. The van der Waals surface area contributed by atoms with Crippen molar-refractivity contribution in [2.75, 3.05) is 5.88 Å². The van der Waals surface area contributed by atoms with E-state index in [1.54, 1.807) is 0 Å². The van der Waals surface area contributed by atoms with Crippen LogP contribution in [0.2, 0.25) is 0 Å². The van der Waals surface area contributed by atoms with Gasteiger partial charge in [0, 0.05) is 11.8 Å². The minimum Gasteiger partial charge on any atom is -0.349 e. The standard InChI is InChI=1S/C16H18ClNO/c1-11(10-17)16(19)18-12(2)14-9-5-7-13-6-3-4-8-15(13)14/h3-9,11-12H,10H2,1-2H3,(H,18,19). The molecule has 0 spiro atoms. The van der Waals surface area contributed by atoms with Crippen LogP contribution in [0.15, 0.2) is 42.5 Å². The van der Waals surface area contributed by atoms with Crippen LogP contribution in [0, 0.1) is 5.92 Å². The van der Waals surface area contributed by atoms with Gasteiger partial charge >= 0.3 is 0 Å². The number of nitrogens with one attached hydrogen (secondary N) is 1. The first-order chi connectivity index (χ1) is 9.13. The molecule has 0 aliphatic heterocycles. The summed E-state index contributed by atoms with van der Waals surface area (Å²) in [5.74, 6) is 0.170. The summed E-state index contributed by atoms with van der Waals surface area (Å²) >= 11 is 5.71. The summed E-state index contributed by atoms with van der Waals surface area (Å²) in [4.78, 5) is 11.9. The van der Waals surface area contributed by atoms with Gasteiger partial charge in [-0.15, -0.1) is 11.6 Å². The highest BCUT2D eigenvalue weighted by Crippen LogP contribution is 2.24. The summed E-state index contributed by atoms with van der Waals surface area (Å²) in [6.45, 7) is 3.83. The number of carbonyl (C=O) groups is 1. The molecule has 1 N–H and O–H groups in total. The van der Waals surface area contributed by atoms with Crippen molar-refractivity contribution < 1.29 is 4.79 Å². The Kier molecular flexibility index (Phi) is 4.43. The summed E-state index contributed by atoms with van der Waals surface area (Å²) in [7, 11) is 0. The summed E-state index contributed by atoms with van der Waals surface area (Å²) in [5, 5.41) is 5.38. The molecule has 0 saturated heterocycles. The summed E-state index contributed by atoms with van der Waals surface area (Å²) in [6.07, 6.45) is 0. The fourth-order valence-electron chi connectivity index (χ4n) is 2.13. The fourth-order valence-corrected chi connectivity index (χ4v) is 2.27. The van der Waals surface area contributed by atoms with Gasteiger partial charge in [-0.05, 0) is 23.3 Å². The third-order valence-electron chi connectivity index (χ3n) is 3.33. The molecule has 100 valence electrons. The topological polar surface area (TPSA) is 29.1 Å². The molecule has 19 heavy (non-hydrogen) atoms. The molecule has 0 heterocycles. The van der Waals surface area contributed by atoms with Crippen LogP contribution in [0.5, 0.6) is 0 Å². The quantitative estimate of drug-likeness (QED) is 0.843. The van der Waals surface area contributed by atoms with E-state index < -0.39 is 0 Å². The predicted molar refractivity (Wildman–Crippen MR) is 80.4 cm³/mol. The first-order valence-corrected chi connectivity index (χ1v) is 7.01. The molecule has 2 nitrogen and oxygen atoms in total. The highest BCUT2D eigenvalue weighted by Gasteiger charge is 2.16. The molecule has 1 amide bonds. The maximum Gasteiger partial charge on any atom is 0.224 e. The van der Waals surface area contributed by atoms with Gasteiger partial charge in [0.25, 0.3) is 0 Å². The predicted octanol–water partition coefficient (Wildman–Crippen LogP) is 3.89. The number of rotatable bonds is 4. The van der Waals surface area contributed by atoms with Gasteiger partial charge in [0.2, 0.25) is 5.91 Å². The van der Waals surface area contributed by atoms with Gasteiger partial charge in [-0.1, -0.05) is 49.4 Å². The Morgan fingerprint density at radius 2 is 1.84 bits per heavy atom. The van der Waals surface area contributed by atoms with Crippen molar-refractivity contribution in [3.05, 3.63) is 48.0 Å². The third kappa shape index (κ3) is 3.07. The lowest BCUT2D eigenvalue weighted by atomic mass is 9.99. The van der Waals surface area contributed by atoms with E-state index in [4.69, 9.17) is 11.6 Å². The zero-order chi connectivity index (χ0) is 13.8. The highest BCUT2D eigenvalue weighted by molar-refractivity contribution is 6.19. The van der Waals surface area contributed by atoms with Gasteiger partial charge in [-0.2, -0.15) is 0 Å². The van der Waals surface area contributed by atoms with Crippen molar-refractivity contribution in [3.63, 3.8) is 0 Å². The molecular formula is C16H18ClNO. The highest BCUT2D eigenvalue weighted by atomic mass is 35.5. The average molecular weight is 276 g/mol. The molecule has 2 rings (SSSR count). The number of fused-ring (bicyclic) bond motifs is 1. The van der Waals surface area contributed by atoms with Crippen molar-refractivity contribution in [2.45, 2.75) is 19.9 Å². The van der Waals surface area contributed by atoms with Gasteiger partial charge in [0.15, 0.2) is 0 Å². The van der Waals surface area contributed by atoms with E-state index in [1.165, 1.54) is 10.8 Å². The monoisotopic (exact) mass is 275 g/mol. The van der Waals surface area contributed by atoms with Crippen LogP contribution in [0.3, 0.4) is 0 Å². The molecular weight excluding hydrogens is 258 g/mol. The third-order valence-corrected chi connectivity index (χ3v) is 3.79. The van der Waals surface area contributed by atoms with E-state index in [1.807, 2.05) is 32.0 Å². The van der Waals surface area contributed by atoms with E-state index in [2.05, 4.69) is 29.6 Å². The van der Waals surface area contributed by atoms with Crippen molar-refractivity contribution in [3.8, 4) is 0 Å². The molecule has 2 unspecified atom stereocenters. The Bertz CT molecular complexity index is 576. The smallest absolute Gasteiger partial charge is 0.224 e. The zero-order valence-corrected chi connectivity index (χ0v) is 11.9. The molecule has 0 saturated carbocycles. The zero-order valence-electron chi connectivity index (χ0n) is 11.2. The first kappa shape index (κ1) is 13.9. The van der Waals surface area contributed by atoms with Crippen LogP contribution >= 0.6 is 11.6 Å². The Balaban J connectivity index is 2.27. The molecule has 0 aliphatic carbocycles. The first-order valence-electron chi connectivity index (χ1n) is 6.47. The number of benzene rings is 2. The molecule has 0 bridgehead atoms. The number of carbonyl (C=O) groups excluding carboxylic acids is 1. The lowest BCUT2D eigenvalue weighted by molar-refractivity contribution is -0.124.